The Bertz CT molecular complexity index is 1020. The fourth-order valence-electron chi connectivity index (χ4n) is 2.89. The number of anilines is 1. The minimum absolute atomic E-state index is 0.0219. The third-order valence-corrected chi connectivity index (χ3v) is 4.14. The van der Waals surface area contributed by atoms with Gasteiger partial charge in [-0.1, -0.05) is 0 Å². The van der Waals surface area contributed by atoms with E-state index in [1.165, 1.54) is 12.1 Å². The van der Waals surface area contributed by atoms with E-state index in [2.05, 4.69) is 19.8 Å². The summed E-state index contributed by atoms with van der Waals surface area (Å²) in [6.45, 7) is 4.35. The van der Waals surface area contributed by atoms with Gasteiger partial charge in [-0.25, -0.2) is 9.59 Å². The summed E-state index contributed by atoms with van der Waals surface area (Å²) in [4.78, 5) is 39.1. The Morgan fingerprint density at radius 3 is 2.50 bits per heavy atom. The second kappa shape index (κ2) is 8.01. The molecule has 11 heteroatoms. The quantitative estimate of drug-likeness (QED) is 0.685. The molecule has 160 valence electrons. The number of hydrogen-bond donors (Lipinski definition) is 2. The van der Waals surface area contributed by atoms with Gasteiger partial charge in [0.15, 0.2) is 18.1 Å². The molecule has 0 spiro atoms. The van der Waals surface area contributed by atoms with Crippen LogP contribution in [-0.4, -0.2) is 42.3 Å². The third kappa shape index (κ3) is 4.34. The number of halogens is 2. The van der Waals surface area contributed by atoms with Crippen LogP contribution in [0, 0.1) is 13.8 Å². The maximum Gasteiger partial charge on any atom is 0.586 e. The minimum atomic E-state index is -3.77. The van der Waals surface area contributed by atoms with Crippen molar-refractivity contribution >= 4 is 23.5 Å². The van der Waals surface area contributed by atoms with Crippen LogP contribution in [0.3, 0.4) is 0 Å². The number of H-pyrrole nitrogens is 1. The Morgan fingerprint density at radius 2 is 1.80 bits per heavy atom. The molecule has 2 N–H and O–H groups in total. The number of carbonyl (C=O) groups excluding carboxylic acids is 3. The van der Waals surface area contributed by atoms with Crippen molar-refractivity contribution in [2.75, 3.05) is 18.5 Å². The van der Waals surface area contributed by atoms with Crippen LogP contribution in [0.25, 0.3) is 0 Å². The third-order valence-electron chi connectivity index (χ3n) is 4.14. The first-order chi connectivity index (χ1) is 14.1. The van der Waals surface area contributed by atoms with Gasteiger partial charge in [-0.2, -0.15) is 0 Å². The van der Waals surface area contributed by atoms with Gasteiger partial charge in [0.2, 0.25) is 0 Å². The van der Waals surface area contributed by atoms with Crippen molar-refractivity contribution in [1.82, 2.24) is 4.98 Å². The van der Waals surface area contributed by atoms with Crippen molar-refractivity contribution < 1.29 is 42.1 Å². The van der Waals surface area contributed by atoms with E-state index in [0.717, 1.165) is 6.07 Å². The molecule has 9 nitrogen and oxygen atoms in total. The molecule has 1 aliphatic heterocycles. The number of esters is 2. The van der Waals surface area contributed by atoms with Gasteiger partial charge in [-0.3, -0.25) is 4.79 Å². The van der Waals surface area contributed by atoms with Gasteiger partial charge in [0.05, 0.1) is 12.2 Å². The zero-order valence-corrected chi connectivity index (χ0v) is 16.3. The summed E-state index contributed by atoms with van der Waals surface area (Å²) in [7, 11) is 0. The molecule has 0 aliphatic carbocycles. The maximum atomic E-state index is 13.0. The standard InChI is InChI=1S/C19H18F2N2O7/c1-4-27-17(25)15-9(2)16(22-10(15)3)18(26)28-8-14(24)23-11-5-6-12-13(7-11)30-19(20,21)29-12/h5-7,22H,4,8H2,1-3H3,(H,23,24). The number of amides is 1. The lowest BCUT2D eigenvalue weighted by Crippen LogP contribution is -2.25. The van der Waals surface area contributed by atoms with Crippen LogP contribution in [-0.2, 0) is 14.3 Å². The van der Waals surface area contributed by atoms with Crippen LogP contribution >= 0.6 is 0 Å². The van der Waals surface area contributed by atoms with E-state index in [1.807, 2.05) is 0 Å². The second-order valence-corrected chi connectivity index (χ2v) is 6.30. The summed E-state index contributed by atoms with van der Waals surface area (Å²) >= 11 is 0. The average Bonchev–Trinajstić information content (AvgIpc) is 3.13. The van der Waals surface area contributed by atoms with Crippen molar-refractivity contribution in [2.24, 2.45) is 0 Å². The lowest BCUT2D eigenvalue weighted by Gasteiger charge is -2.07. The molecule has 0 unspecified atom stereocenters. The van der Waals surface area contributed by atoms with Gasteiger partial charge in [0.25, 0.3) is 5.91 Å². The number of alkyl halides is 2. The molecule has 0 atom stereocenters. The van der Waals surface area contributed by atoms with Gasteiger partial charge in [-0.05, 0) is 38.5 Å². The maximum absolute atomic E-state index is 13.0. The number of nitrogens with one attached hydrogen (secondary N) is 2. The Morgan fingerprint density at radius 1 is 1.10 bits per heavy atom. The van der Waals surface area contributed by atoms with Crippen molar-refractivity contribution in [3.05, 3.63) is 40.7 Å². The van der Waals surface area contributed by atoms with Crippen LogP contribution < -0.4 is 14.8 Å². The molecule has 1 aromatic heterocycles. The topological polar surface area (TPSA) is 116 Å². The molecular weight excluding hydrogens is 406 g/mol. The van der Waals surface area contributed by atoms with E-state index in [-0.39, 0.29) is 35.1 Å². The normalized spacial score (nSPS) is 13.6. The van der Waals surface area contributed by atoms with E-state index in [0.29, 0.717) is 11.3 Å². The second-order valence-electron chi connectivity index (χ2n) is 6.30. The van der Waals surface area contributed by atoms with Gasteiger partial charge >= 0.3 is 18.2 Å². The number of benzene rings is 1. The highest BCUT2D eigenvalue weighted by molar-refractivity contribution is 5.99. The number of rotatable bonds is 6. The zero-order valence-electron chi connectivity index (χ0n) is 16.3. The molecule has 0 saturated carbocycles. The number of aromatic nitrogens is 1. The molecule has 1 amide bonds. The van der Waals surface area contributed by atoms with Crippen molar-refractivity contribution in [2.45, 2.75) is 27.1 Å². The molecule has 2 aromatic rings. The number of aromatic amines is 1. The molecular formula is C19H18F2N2O7. The first-order valence-electron chi connectivity index (χ1n) is 8.84. The van der Waals surface area contributed by atoms with Crippen molar-refractivity contribution in [1.29, 1.82) is 0 Å². The van der Waals surface area contributed by atoms with Crippen LogP contribution in [0.15, 0.2) is 18.2 Å². The number of carbonyl (C=O) groups is 3. The average molecular weight is 424 g/mol. The number of hydrogen-bond acceptors (Lipinski definition) is 7. The Kier molecular flexibility index (Phi) is 5.63. The summed E-state index contributed by atoms with van der Waals surface area (Å²) in [5.74, 6) is -2.53. The summed E-state index contributed by atoms with van der Waals surface area (Å²) in [6, 6.07) is 3.69. The van der Waals surface area contributed by atoms with Gasteiger partial charge in [-0.15, -0.1) is 8.78 Å². The van der Waals surface area contributed by atoms with Crippen LogP contribution in [0.1, 0.15) is 39.0 Å². The lowest BCUT2D eigenvalue weighted by atomic mass is 10.1. The van der Waals surface area contributed by atoms with Gasteiger partial charge < -0.3 is 29.2 Å². The highest BCUT2D eigenvalue weighted by atomic mass is 19.3. The molecule has 3 rings (SSSR count). The van der Waals surface area contributed by atoms with Gasteiger partial charge in [0.1, 0.15) is 5.69 Å². The summed E-state index contributed by atoms with van der Waals surface area (Å²) in [6.07, 6.45) is -3.77. The van der Waals surface area contributed by atoms with E-state index in [4.69, 9.17) is 9.47 Å². The molecule has 0 saturated heterocycles. The van der Waals surface area contributed by atoms with Crippen LogP contribution in [0.4, 0.5) is 14.5 Å². The van der Waals surface area contributed by atoms with Crippen molar-refractivity contribution in [3.63, 3.8) is 0 Å². The molecule has 2 heterocycles. The predicted molar refractivity (Wildman–Crippen MR) is 97.8 cm³/mol. The van der Waals surface area contributed by atoms with E-state index >= 15 is 0 Å². The highest BCUT2D eigenvalue weighted by Gasteiger charge is 2.43. The number of aryl methyl sites for hydroxylation is 1. The minimum Gasteiger partial charge on any atom is -0.462 e. The Balaban J connectivity index is 1.60. The predicted octanol–water partition coefficient (Wildman–Crippen LogP) is 2.93. The summed E-state index contributed by atoms with van der Waals surface area (Å²) < 4.78 is 44.6. The summed E-state index contributed by atoms with van der Waals surface area (Å²) in [5.41, 5.74) is 1.17. The zero-order chi connectivity index (χ0) is 22.1. The Hall–Kier alpha value is -3.63. The van der Waals surface area contributed by atoms with E-state index in [9.17, 15) is 23.2 Å². The molecule has 0 fully saturated rings. The number of fused-ring (bicyclic) bond motifs is 1. The monoisotopic (exact) mass is 424 g/mol. The summed E-state index contributed by atoms with van der Waals surface area (Å²) in [5, 5.41) is 2.39. The van der Waals surface area contributed by atoms with Gasteiger partial charge in [0, 0.05) is 17.4 Å². The first-order valence-corrected chi connectivity index (χ1v) is 8.84. The fourth-order valence-corrected chi connectivity index (χ4v) is 2.89. The highest BCUT2D eigenvalue weighted by Crippen LogP contribution is 2.42. The Labute approximate surface area is 169 Å². The molecule has 0 bridgehead atoms. The fraction of sp³-hybridized carbons (Fsp3) is 0.316. The van der Waals surface area contributed by atoms with E-state index in [1.54, 1.807) is 20.8 Å². The molecule has 0 radical (unpaired) electrons. The first kappa shape index (κ1) is 21.1. The van der Waals surface area contributed by atoms with Crippen LogP contribution in [0.5, 0.6) is 11.5 Å². The largest absolute Gasteiger partial charge is 0.586 e. The number of ether oxygens (including phenoxy) is 4. The molecule has 1 aromatic carbocycles. The molecule has 30 heavy (non-hydrogen) atoms. The smallest absolute Gasteiger partial charge is 0.462 e. The lowest BCUT2D eigenvalue weighted by molar-refractivity contribution is -0.286. The SMILES string of the molecule is CCOC(=O)c1c(C)[nH]c(C(=O)OCC(=O)Nc2ccc3c(c2)OC(F)(F)O3)c1C. The van der Waals surface area contributed by atoms with Crippen molar-refractivity contribution in [3.8, 4) is 11.5 Å². The van der Waals surface area contributed by atoms with E-state index < -0.39 is 30.7 Å². The molecule has 1 aliphatic rings. The van der Waals surface area contributed by atoms with Crippen LogP contribution in [0.2, 0.25) is 0 Å².